The molecule has 0 N–H and O–H groups in total. The Balaban J connectivity index is 1.83. The number of benzene rings is 6. The highest BCUT2D eigenvalue weighted by atomic mass is 28.3. The van der Waals surface area contributed by atoms with E-state index in [0.717, 1.165) is 0 Å². The van der Waals surface area contributed by atoms with E-state index in [-0.39, 0.29) is 5.04 Å². The van der Waals surface area contributed by atoms with Crippen LogP contribution in [0, 0.1) is 20.8 Å². The summed E-state index contributed by atoms with van der Waals surface area (Å²) in [5.74, 6) is 0. The van der Waals surface area contributed by atoms with Gasteiger partial charge in [-0.05, 0) is 96.1 Å². The van der Waals surface area contributed by atoms with E-state index >= 15 is 0 Å². The molecule has 0 spiro atoms. The Labute approximate surface area is 294 Å². The lowest BCUT2D eigenvalue weighted by Gasteiger charge is -2.51. The van der Waals surface area contributed by atoms with Crippen molar-refractivity contribution in [1.29, 1.82) is 0 Å². The highest BCUT2D eigenvalue weighted by Gasteiger charge is 2.59. The van der Waals surface area contributed by atoms with Crippen molar-refractivity contribution in [2.24, 2.45) is 0 Å². The monoisotopic (exact) mass is 650 g/mol. The molecule has 242 valence electrons. The van der Waals surface area contributed by atoms with Gasteiger partial charge in [0, 0.05) is 5.04 Å². The number of hydrogen-bond acceptors (Lipinski definition) is 0. The summed E-state index contributed by atoms with van der Waals surface area (Å²) < 4.78 is 0. The summed E-state index contributed by atoms with van der Waals surface area (Å²) in [5.41, 5.74) is 16.1. The van der Waals surface area contributed by atoms with Gasteiger partial charge in [0.2, 0.25) is 0 Å². The number of allylic oxidation sites excluding steroid dienone is 4. The van der Waals surface area contributed by atoms with Gasteiger partial charge >= 0.3 is 0 Å². The molecule has 0 aromatic heterocycles. The first-order valence-corrected chi connectivity index (χ1v) is 19.5. The average Bonchev–Trinajstić information content (AvgIpc) is 3.33. The van der Waals surface area contributed by atoms with Crippen molar-refractivity contribution in [3.8, 4) is 33.4 Å². The third kappa shape index (κ3) is 5.11. The molecule has 0 aliphatic heterocycles. The molecule has 0 radical (unpaired) electrons. The Bertz CT molecular complexity index is 2010. The highest BCUT2D eigenvalue weighted by molar-refractivity contribution is 7.16. The van der Waals surface area contributed by atoms with Gasteiger partial charge in [-0.25, -0.2) is 0 Å². The maximum absolute atomic E-state index is 3.21. The number of hydrogen-bond donors (Lipinski definition) is 0. The van der Waals surface area contributed by atoms with Crippen molar-refractivity contribution in [2.75, 3.05) is 0 Å². The van der Waals surface area contributed by atoms with Gasteiger partial charge in [-0.15, -0.1) is 0 Å². The lowest BCUT2D eigenvalue weighted by Crippen LogP contribution is -2.75. The van der Waals surface area contributed by atoms with Crippen LogP contribution in [0.25, 0.3) is 33.4 Å². The zero-order chi connectivity index (χ0) is 34.3. The van der Waals surface area contributed by atoms with Gasteiger partial charge in [0.15, 0.2) is 8.07 Å². The molecule has 1 unspecified atom stereocenters. The molecule has 1 aliphatic rings. The van der Waals surface area contributed by atoms with Crippen LogP contribution < -0.4 is 15.6 Å². The zero-order valence-corrected chi connectivity index (χ0v) is 30.9. The van der Waals surface area contributed by atoms with Crippen molar-refractivity contribution in [3.05, 3.63) is 185 Å². The van der Waals surface area contributed by atoms with Crippen LogP contribution in [0.5, 0.6) is 0 Å². The van der Waals surface area contributed by atoms with Gasteiger partial charge in [0.05, 0.1) is 0 Å². The molecule has 49 heavy (non-hydrogen) atoms. The van der Waals surface area contributed by atoms with Crippen LogP contribution in [0.1, 0.15) is 44.4 Å². The van der Waals surface area contributed by atoms with Gasteiger partial charge in [-0.1, -0.05) is 186 Å². The van der Waals surface area contributed by atoms with Crippen molar-refractivity contribution in [1.82, 2.24) is 0 Å². The van der Waals surface area contributed by atoms with Gasteiger partial charge < -0.3 is 0 Å². The van der Waals surface area contributed by atoms with Crippen LogP contribution in [0.4, 0.5) is 0 Å². The number of aryl methyl sites for hydroxylation is 3. The van der Waals surface area contributed by atoms with Gasteiger partial charge in [-0.2, -0.15) is 0 Å². The fourth-order valence-corrected chi connectivity index (χ4v) is 16.4. The molecule has 0 saturated heterocycles. The minimum atomic E-state index is -3.21. The fraction of sp³-hybridized carbons (Fsp3) is 0.167. The number of rotatable bonds is 7. The second-order valence-corrected chi connectivity index (χ2v) is 18.2. The van der Waals surface area contributed by atoms with Gasteiger partial charge in [0.1, 0.15) is 0 Å². The molecule has 0 fully saturated rings. The Morgan fingerprint density at radius 3 is 1.00 bits per heavy atom. The van der Waals surface area contributed by atoms with Crippen LogP contribution in [-0.4, -0.2) is 8.07 Å². The Kier molecular flexibility index (Phi) is 8.51. The van der Waals surface area contributed by atoms with E-state index in [0.29, 0.717) is 0 Å². The largest absolute Gasteiger partial charge is 0.164 e. The smallest absolute Gasteiger partial charge is 0.0730 e. The molecular weight excluding hydrogens is 605 g/mol. The van der Waals surface area contributed by atoms with Crippen molar-refractivity contribution >= 4 is 23.6 Å². The van der Waals surface area contributed by atoms with Crippen LogP contribution in [-0.2, 0) is 0 Å². The Morgan fingerprint density at radius 2 is 0.714 bits per heavy atom. The summed E-state index contributed by atoms with van der Waals surface area (Å²) in [7, 11) is -3.21. The van der Waals surface area contributed by atoms with Crippen LogP contribution >= 0.6 is 0 Å². The van der Waals surface area contributed by atoms with Gasteiger partial charge in [0.25, 0.3) is 0 Å². The molecule has 6 aromatic carbocycles. The second-order valence-electron chi connectivity index (χ2n) is 14.1. The van der Waals surface area contributed by atoms with Crippen molar-refractivity contribution in [2.45, 2.75) is 53.5 Å². The second kappa shape index (κ2) is 12.8. The summed E-state index contributed by atoms with van der Waals surface area (Å²) in [6.07, 6.45) is 2.66. The molecule has 1 atom stereocenters. The van der Waals surface area contributed by atoms with Crippen molar-refractivity contribution in [3.63, 3.8) is 0 Å². The SMILES string of the molecule is CC1=CC(C)([Si](c2c(C)cccc2-c2ccccc2)(c2c(C)cccc2-c2ccccc2)c2c(C)cccc2-c2ccccc2)C(C)=C1C. The van der Waals surface area contributed by atoms with Crippen LogP contribution in [0.2, 0.25) is 5.04 Å². The average molecular weight is 651 g/mol. The predicted octanol–water partition coefficient (Wildman–Crippen LogP) is 11.1. The minimum Gasteiger partial charge on any atom is -0.0730 e. The molecule has 0 heterocycles. The highest BCUT2D eigenvalue weighted by Crippen LogP contribution is 2.55. The fourth-order valence-electron chi connectivity index (χ4n) is 8.95. The first kappa shape index (κ1) is 32.6. The van der Waals surface area contributed by atoms with E-state index < -0.39 is 8.07 Å². The molecule has 6 aromatic rings. The molecule has 0 amide bonds. The normalized spacial score (nSPS) is 16.2. The lowest BCUT2D eigenvalue weighted by molar-refractivity contribution is 0.869. The van der Waals surface area contributed by atoms with E-state index in [4.69, 9.17) is 0 Å². The maximum Gasteiger partial charge on any atom is 0.164 e. The molecule has 1 heteroatoms. The lowest BCUT2D eigenvalue weighted by atomic mass is 10.0. The Hall–Kier alpha value is -4.98. The van der Waals surface area contributed by atoms with E-state index in [9.17, 15) is 0 Å². The molecular formula is C48H46Si. The summed E-state index contributed by atoms with van der Waals surface area (Å²) in [5, 5.41) is 4.21. The quantitative estimate of drug-likeness (QED) is 0.119. The molecule has 0 saturated carbocycles. The Morgan fingerprint density at radius 1 is 0.388 bits per heavy atom. The molecule has 7 rings (SSSR count). The van der Waals surface area contributed by atoms with Crippen molar-refractivity contribution < 1.29 is 0 Å². The maximum atomic E-state index is 2.66. The first-order valence-electron chi connectivity index (χ1n) is 17.5. The topological polar surface area (TPSA) is 0 Å². The third-order valence-corrected chi connectivity index (χ3v) is 17.7. The van der Waals surface area contributed by atoms with Gasteiger partial charge in [-0.3, -0.25) is 0 Å². The summed E-state index contributed by atoms with van der Waals surface area (Å²) in [4.78, 5) is 0. The standard InChI is InChI=1S/C48H46Si/c1-33-20-17-29-42(39-23-11-8-12-24-39)45(33)49(48(7)32-36(4)37(5)38(48)6,46-34(2)21-18-30-43(46)40-25-13-9-14-26-40)47-35(3)22-19-31-44(47)41-27-15-10-16-28-41/h8-32H,1-7H3. The van der Waals surface area contributed by atoms with E-state index in [2.05, 4.69) is 200 Å². The molecule has 1 aliphatic carbocycles. The summed E-state index contributed by atoms with van der Waals surface area (Å²) in [6, 6.07) is 54.4. The first-order chi connectivity index (χ1) is 23.7. The van der Waals surface area contributed by atoms with E-state index in [1.165, 1.54) is 82.4 Å². The predicted molar refractivity (Wildman–Crippen MR) is 215 cm³/mol. The third-order valence-electron chi connectivity index (χ3n) is 11.4. The molecule has 0 nitrogen and oxygen atoms in total. The van der Waals surface area contributed by atoms with Crippen LogP contribution in [0.15, 0.2) is 168 Å². The van der Waals surface area contributed by atoms with E-state index in [1.807, 2.05) is 0 Å². The summed E-state index contributed by atoms with van der Waals surface area (Å²) >= 11 is 0. The zero-order valence-electron chi connectivity index (χ0n) is 29.9. The summed E-state index contributed by atoms with van der Waals surface area (Å²) in [6.45, 7) is 16.8. The molecule has 0 bridgehead atoms. The van der Waals surface area contributed by atoms with Crippen LogP contribution in [0.3, 0.4) is 0 Å². The van der Waals surface area contributed by atoms with E-state index in [1.54, 1.807) is 0 Å². The minimum absolute atomic E-state index is 0.290.